The van der Waals surface area contributed by atoms with Gasteiger partial charge in [0.1, 0.15) is 30.4 Å². The third-order valence-electron chi connectivity index (χ3n) is 4.82. The molecule has 3 aromatic rings. The molecule has 28 heavy (non-hydrogen) atoms. The summed E-state index contributed by atoms with van der Waals surface area (Å²) in [4.78, 5) is 12.2. The third kappa shape index (κ3) is 3.01. The normalized spacial score (nSPS) is 27.5. The number of nitrogens with zero attached hydrogens (tertiary/aromatic N) is 4. The predicted molar refractivity (Wildman–Crippen MR) is 97.8 cm³/mol. The Morgan fingerprint density at radius 2 is 1.96 bits per heavy atom. The number of benzene rings is 1. The van der Waals surface area contributed by atoms with Crippen molar-refractivity contribution in [3.8, 4) is 0 Å². The van der Waals surface area contributed by atoms with Gasteiger partial charge >= 0.3 is 0 Å². The average Bonchev–Trinajstić information content (AvgIpc) is 3.25. The number of ether oxygens (including phenoxy) is 2. The van der Waals surface area contributed by atoms with Crippen LogP contribution >= 0.6 is 0 Å². The lowest BCUT2D eigenvalue weighted by Gasteiger charge is -2.33. The number of nitrogen functional groups attached to an aromatic ring is 1. The van der Waals surface area contributed by atoms with Crippen molar-refractivity contribution in [3.63, 3.8) is 0 Å². The summed E-state index contributed by atoms with van der Waals surface area (Å²) < 4.78 is 13.2. The van der Waals surface area contributed by atoms with Gasteiger partial charge in [-0.3, -0.25) is 4.57 Å². The first kappa shape index (κ1) is 18.7. The second-order valence-corrected chi connectivity index (χ2v) is 6.53. The van der Waals surface area contributed by atoms with E-state index in [1.165, 1.54) is 17.2 Å². The summed E-state index contributed by atoms with van der Waals surface area (Å²) in [6, 6.07) is 9.66. The van der Waals surface area contributed by atoms with E-state index in [1.807, 2.05) is 30.3 Å². The fraction of sp³-hybridized carbons (Fsp3) is 0.389. The van der Waals surface area contributed by atoms with E-state index in [-0.39, 0.29) is 18.1 Å². The Morgan fingerprint density at radius 1 is 1.18 bits per heavy atom. The van der Waals surface area contributed by atoms with Gasteiger partial charge in [0.05, 0.1) is 13.2 Å². The maximum atomic E-state index is 10.8. The standard InChI is InChI=1S/C18H21N5O5/c19-16-13-17(21-9-20-16)23(10-22-13)18(15(26)14(25)12(8-24)28-18)27-7-6-11-4-2-1-3-5-11/h1-5,9-10,12,14-15,24-26H,6-8H2,(H2,19,20,21)/t12-,14-,15-,18-/m1/s1. The van der Waals surface area contributed by atoms with Gasteiger partial charge in [-0.1, -0.05) is 30.3 Å². The summed E-state index contributed by atoms with van der Waals surface area (Å²) in [5.74, 6) is -1.66. The number of imidazole rings is 1. The van der Waals surface area contributed by atoms with Crippen LogP contribution < -0.4 is 5.73 Å². The van der Waals surface area contributed by atoms with Crippen molar-refractivity contribution in [1.29, 1.82) is 0 Å². The molecule has 1 aliphatic rings. The van der Waals surface area contributed by atoms with Crippen LogP contribution in [0.25, 0.3) is 11.2 Å². The Bertz CT molecular complexity index is 952. The molecule has 0 aliphatic carbocycles. The van der Waals surface area contributed by atoms with E-state index in [4.69, 9.17) is 15.2 Å². The molecule has 1 aliphatic heterocycles. The van der Waals surface area contributed by atoms with Gasteiger partial charge in [-0.2, -0.15) is 0 Å². The summed E-state index contributed by atoms with van der Waals surface area (Å²) in [5.41, 5.74) is 7.46. The minimum Gasteiger partial charge on any atom is -0.394 e. The first-order chi connectivity index (χ1) is 13.6. The van der Waals surface area contributed by atoms with Gasteiger partial charge in [-0.15, -0.1) is 0 Å². The molecule has 5 N–H and O–H groups in total. The monoisotopic (exact) mass is 387 g/mol. The van der Waals surface area contributed by atoms with Gasteiger partial charge in [0, 0.05) is 0 Å². The highest BCUT2D eigenvalue weighted by molar-refractivity contribution is 5.81. The lowest BCUT2D eigenvalue weighted by atomic mass is 10.1. The Labute approximate surface area is 160 Å². The summed E-state index contributed by atoms with van der Waals surface area (Å²) >= 11 is 0. The Balaban J connectivity index is 1.70. The summed E-state index contributed by atoms with van der Waals surface area (Å²) in [7, 11) is 0. The average molecular weight is 387 g/mol. The van der Waals surface area contributed by atoms with Crippen molar-refractivity contribution in [2.45, 2.75) is 30.6 Å². The molecule has 2 aromatic heterocycles. The van der Waals surface area contributed by atoms with Crippen LogP contribution in [-0.2, 0) is 21.8 Å². The molecule has 0 bridgehead atoms. The van der Waals surface area contributed by atoms with Crippen LogP contribution in [0, 0.1) is 0 Å². The third-order valence-corrected chi connectivity index (χ3v) is 4.82. The quantitative estimate of drug-likeness (QED) is 0.434. The molecule has 0 unspecified atom stereocenters. The number of anilines is 1. The molecule has 0 spiro atoms. The molecular formula is C18H21N5O5. The van der Waals surface area contributed by atoms with E-state index in [2.05, 4.69) is 15.0 Å². The number of rotatable bonds is 6. The molecule has 1 fully saturated rings. The molecule has 10 nitrogen and oxygen atoms in total. The van der Waals surface area contributed by atoms with Gasteiger partial charge in [-0.05, 0) is 12.0 Å². The van der Waals surface area contributed by atoms with Crippen molar-refractivity contribution >= 4 is 17.0 Å². The lowest BCUT2D eigenvalue weighted by molar-refractivity contribution is -0.313. The largest absolute Gasteiger partial charge is 0.394 e. The fourth-order valence-corrected chi connectivity index (χ4v) is 3.35. The minimum atomic E-state index is -1.82. The molecule has 0 radical (unpaired) electrons. The highest BCUT2D eigenvalue weighted by Gasteiger charge is 2.57. The molecule has 10 heteroatoms. The van der Waals surface area contributed by atoms with Gasteiger partial charge in [-0.25, -0.2) is 15.0 Å². The molecule has 148 valence electrons. The highest BCUT2D eigenvalue weighted by atomic mass is 16.7. The molecule has 1 saturated heterocycles. The topological polar surface area (TPSA) is 149 Å². The van der Waals surface area contributed by atoms with E-state index in [9.17, 15) is 15.3 Å². The SMILES string of the molecule is Nc1ncnc2c1ncn2[C@]1(OCCc2ccccc2)O[C@H](CO)[C@@H](O)[C@H]1O. The maximum absolute atomic E-state index is 10.8. The molecule has 0 amide bonds. The van der Waals surface area contributed by atoms with E-state index < -0.39 is 30.8 Å². The number of aliphatic hydroxyl groups excluding tert-OH is 3. The summed E-state index contributed by atoms with van der Waals surface area (Å²) in [6.45, 7) is -0.321. The molecule has 1 aromatic carbocycles. The van der Waals surface area contributed by atoms with Crippen LogP contribution in [0.1, 0.15) is 5.56 Å². The van der Waals surface area contributed by atoms with Crippen LogP contribution in [0.3, 0.4) is 0 Å². The van der Waals surface area contributed by atoms with E-state index in [0.717, 1.165) is 5.56 Å². The second-order valence-electron chi connectivity index (χ2n) is 6.53. The Hall–Kier alpha value is -2.63. The predicted octanol–water partition coefficient (Wildman–Crippen LogP) is -0.609. The smallest absolute Gasteiger partial charge is 0.288 e. The number of fused-ring (bicyclic) bond motifs is 1. The van der Waals surface area contributed by atoms with Gasteiger partial charge in [0.25, 0.3) is 5.91 Å². The number of hydrogen-bond acceptors (Lipinski definition) is 9. The number of nitrogens with two attached hydrogens (primary N) is 1. The van der Waals surface area contributed by atoms with Gasteiger partial charge in [0.15, 0.2) is 17.6 Å². The molecule has 0 saturated carbocycles. The van der Waals surface area contributed by atoms with Crippen molar-refractivity contribution < 1.29 is 24.8 Å². The number of hydrogen-bond donors (Lipinski definition) is 4. The minimum absolute atomic E-state index is 0.162. The molecule has 3 heterocycles. The Kier molecular flexibility index (Phi) is 4.96. The maximum Gasteiger partial charge on any atom is 0.288 e. The lowest BCUT2D eigenvalue weighted by Crippen LogP contribution is -2.48. The summed E-state index contributed by atoms with van der Waals surface area (Å²) in [5, 5.41) is 30.6. The first-order valence-corrected chi connectivity index (χ1v) is 8.83. The zero-order valence-electron chi connectivity index (χ0n) is 14.9. The zero-order valence-corrected chi connectivity index (χ0v) is 14.9. The number of aromatic nitrogens is 4. The summed E-state index contributed by atoms with van der Waals surface area (Å²) in [6.07, 6.45) is -0.735. The molecule has 4 rings (SSSR count). The van der Waals surface area contributed by atoms with Gasteiger partial charge in [0.2, 0.25) is 0 Å². The van der Waals surface area contributed by atoms with Crippen LogP contribution in [0.4, 0.5) is 5.82 Å². The van der Waals surface area contributed by atoms with Crippen molar-refractivity contribution in [3.05, 3.63) is 48.5 Å². The van der Waals surface area contributed by atoms with Crippen molar-refractivity contribution in [1.82, 2.24) is 19.5 Å². The van der Waals surface area contributed by atoms with E-state index >= 15 is 0 Å². The van der Waals surface area contributed by atoms with Crippen molar-refractivity contribution in [2.75, 3.05) is 18.9 Å². The van der Waals surface area contributed by atoms with E-state index in [0.29, 0.717) is 11.9 Å². The van der Waals surface area contributed by atoms with Crippen LogP contribution in [0.5, 0.6) is 0 Å². The van der Waals surface area contributed by atoms with E-state index in [1.54, 1.807) is 0 Å². The number of aliphatic hydroxyl groups is 3. The second kappa shape index (κ2) is 7.41. The van der Waals surface area contributed by atoms with Gasteiger partial charge < -0.3 is 30.5 Å². The molecular weight excluding hydrogens is 366 g/mol. The zero-order chi connectivity index (χ0) is 19.7. The first-order valence-electron chi connectivity index (χ1n) is 8.83. The highest BCUT2D eigenvalue weighted by Crippen LogP contribution is 2.38. The fourth-order valence-electron chi connectivity index (χ4n) is 3.35. The van der Waals surface area contributed by atoms with Crippen LogP contribution in [0.15, 0.2) is 43.0 Å². The van der Waals surface area contributed by atoms with Crippen LogP contribution in [0.2, 0.25) is 0 Å². The molecule has 4 atom stereocenters. The Morgan fingerprint density at radius 3 is 2.68 bits per heavy atom. The van der Waals surface area contributed by atoms with Crippen molar-refractivity contribution in [2.24, 2.45) is 0 Å². The van der Waals surface area contributed by atoms with Crippen LogP contribution in [-0.4, -0.2) is 66.4 Å².